The monoisotopic (exact) mass is 487 g/mol. The molecule has 2 aromatic carbocycles. The Morgan fingerprint density at radius 1 is 1.00 bits per heavy atom. The van der Waals surface area contributed by atoms with Crippen molar-refractivity contribution >= 4 is 55.9 Å². The minimum atomic E-state index is -0.178. The van der Waals surface area contributed by atoms with Gasteiger partial charge >= 0.3 is 0 Å². The number of ether oxygens (including phenoxy) is 1. The maximum atomic E-state index is 11.8. The van der Waals surface area contributed by atoms with Gasteiger partial charge < -0.3 is 10.1 Å². The third kappa shape index (κ3) is 6.70. The van der Waals surface area contributed by atoms with E-state index in [2.05, 4.69) is 43.8 Å². The number of hydrogen-bond acceptors (Lipinski definition) is 3. The molecule has 0 aliphatic rings. The summed E-state index contributed by atoms with van der Waals surface area (Å²) in [5.74, 6) is 0.346. The summed E-state index contributed by atoms with van der Waals surface area (Å²) in [6, 6.07) is 14.7. The molecule has 1 amide bonds. The van der Waals surface area contributed by atoms with E-state index < -0.39 is 0 Å². The van der Waals surface area contributed by atoms with Gasteiger partial charge in [0.25, 0.3) is 0 Å². The fraction of sp³-hybridized carbons (Fsp3) is 0.176. The topological polar surface area (TPSA) is 55.4 Å². The summed E-state index contributed by atoms with van der Waals surface area (Å²) in [7, 11) is 0. The zero-order chi connectivity index (χ0) is 16.7. The number of carbonyl (C=O) groups excluding carboxylic acids is 2. The number of Topliss-reactive ketones (excluding diaryl/α,β-unsaturated/α-hetero) is 1. The van der Waals surface area contributed by atoms with Crippen molar-refractivity contribution in [3.63, 3.8) is 0 Å². The molecule has 0 saturated heterocycles. The smallest absolute Gasteiger partial charge is 0.224 e. The highest BCUT2D eigenvalue weighted by Gasteiger charge is 2.08. The lowest BCUT2D eigenvalue weighted by molar-refractivity contribution is -0.124. The van der Waals surface area contributed by atoms with Gasteiger partial charge in [-0.3, -0.25) is 9.59 Å². The van der Waals surface area contributed by atoms with E-state index in [0.29, 0.717) is 5.75 Å². The standard InChI is InChI=1S/C17H15BrINO3/c18-12-1-8-16(9-2-12)23-11-15(21)7-10-17(22)20-14-5-3-13(19)4-6-14/h1-6,8-9H,7,10-11H2,(H,20,22). The Hall–Kier alpha value is -1.41. The van der Waals surface area contributed by atoms with Crippen LogP contribution in [0.5, 0.6) is 5.75 Å². The van der Waals surface area contributed by atoms with Crippen LogP contribution in [0, 0.1) is 3.57 Å². The number of nitrogens with one attached hydrogen (secondary N) is 1. The lowest BCUT2D eigenvalue weighted by Crippen LogP contribution is -2.16. The molecule has 0 aliphatic carbocycles. The molecule has 4 nitrogen and oxygen atoms in total. The molecule has 0 aliphatic heterocycles. The van der Waals surface area contributed by atoms with Crippen molar-refractivity contribution in [3.05, 3.63) is 56.6 Å². The lowest BCUT2D eigenvalue weighted by atomic mass is 10.2. The van der Waals surface area contributed by atoms with Gasteiger partial charge in [0.2, 0.25) is 5.91 Å². The van der Waals surface area contributed by atoms with Crippen LogP contribution in [-0.2, 0) is 9.59 Å². The van der Waals surface area contributed by atoms with E-state index in [0.717, 1.165) is 13.7 Å². The first kappa shape index (κ1) is 17.9. The van der Waals surface area contributed by atoms with Gasteiger partial charge in [-0.2, -0.15) is 0 Å². The molecule has 2 aromatic rings. The van der Waals surface area contributed by atoms with E-state index in [9.17, 15) is 9.59 Å². The molecule has 0 unspecified atom stereocenters. The van der Waals surface area contributed by atoms with Crippen LogP contribution in [0.1, 0.15) is 12.8 Å². The van der Waals surface area contributed by atoms with Crippen LogP contribution in [-0.4, -0.2) is 18.3 Å². The summed E-state index contributed by atoms with van der Waals surface area (Å²) in [6.45, 7) is -0.0293. The molecule has 0 aromatic heterocycles. The Morgan fingerprint density at radius 3 is 2.30 bits per heavy atom. The zero-order valence-corrected chi connectivity index (χ0v) is 16.0. The van der Waals surface area contributed by atoms with Gasteiger partial charge in [-0.25, -0.2) is 0 Å². The van der Waals surface area contributed by atoms with E-state index in [1.54, 1.807) is 12.1 Å². The number of ketones is 1. The molecule has 23 heavy (non-hydrogen) atoms. The number of halogens is 2. The predicted molar refractivity (Wildman–Crippen MR) is 102 cm³/mol. The second-order valence-corrected chi connectivity index (χ2v) is 7.00. The fourth-order valence-corrected chi connectivity index (χ4v) is 2.40. The summed E-state index contributed by atoms with van der Waals surface area (Å²) in [6.07, 6.45) is 0.307. The van der Waals surface area contributed by atoms with Crippen LogP contribution >= 0.6 is 38.5 Å². The normalized spacial score (nSPS) is 10.2. The Labute approximate surface area is 156 Å². The highest BCUT2D eigenvalue weighted by atomic mass is 127. The molecule has 2 rings (SSSR count). The first-order valence-electron chi connectivity index (χ1n) is 6.98. The van der Waals surface area contributed by atoms with Crippen LogP contribution < -0.4 is 10.1 Å². The first-order chi connectivity index (χ1) is 11.0. The average molecular weight is 488 g/mol. The molecule has 120 valence electrons. The molecule has 0 atom stereocenters. The molecule has 0 bridgehead atoms. The van der Waals surface area contributed by atoms with Crippen molar-refractivity contribution < 1.29 is 14.3 Å². The van der Waals surface area contributed by atoms with Crippen LogP contribution in [0.4, 0.5) is 5.69 Å². The van der Waals surface area contributed by atoms with E-state index in [4.69, 9.17) is 4.74 Å². The average Bonchev–Trinajstić information content (AvgIpc) is 2.54. The lowest BCUT2D eigenvalue weighted by Gasteiger charge is -2.07. The zero-order valence-electron chi connectivity index (χ0n) is 12.2. The molecule has 6 heteroatoms. The fourth-order valence-electron chi connectivity index (χ4n) is 1.78. The van der Waals surface area contributed by atoms with Crippen molar-refractivity contribution in [3.8, 4) is 5.75 Å². The molecule has 0 heterocycles. The van der Waals surface area contributed by atoms with Gasteiger partial charge in [0, 0.05) is 26.6 Å². The molecule has 0 fully saturated rings. The largest absolute Gasteiger partial charge is 0.486 e. The van der Waals surface area contributed by atoms with Gasteiger partial charge in [-0.05, 0) is 71.1 Å². The Balaban J connectivity index is 1.70. The molecular weight excluding hydrogens is 473 g/mol. The Morgan fingerprint density at radius 2 is 1.65 bits per heavy atom. The van der Waals surface area contributed by atoms with Gasteiger partial charge in [0.05, 0.1) is 0 Å². The SMILES string of the molecule is O=C(CCC(=O)Nc1ccc(I)cc1)COc1ccc(Br)cc1. The maximum Gasteiger partial charge on any atom is 0.224 e. The van der Waals surface area contributed by atoms with Crippen LogP contribution in [0.15, 0.2) is 53.0 Å². The number of amides is 1. The molecule has 1 N–H and O–H groups in total. The molecule has 0 radical (unpaired) electrons. The number of benzene rings is 2. The quantitative estimate of drug-likeness (QED) is 0.588. The summed E-state index contributed by atoms with van der Waals surface area (Å²) in [4.78, 5) is 23.6. The molecule has 0 spiro atoms. The summed E-state index contributed by atoms with van der Waals surface area (Å²) in [5, 5.41) is 2.76. The highest BCUT2D eigenvalue weighted by Crippen LogP contribution is 2.16. The Kier molecular flexibility index (Phi) is 7.04. The summed E-state index contributed by atoms with van der Waals surface area (Å²) < 4.78 is 7.43. The Bertz CT molecular complexity index is 671. The van der Waals surface area contributed by atoms with E-state index >= 15 is 0 Å². The molecular formula is C17H15BrINO3. The second-order valence-electron chi connectivity index (χ2n) is 4.84. The van der Waals surface area contributed by atoms with E-state index in [-0.39, 0.29) is 31.1 Å². The predicted octanol–water partition coefficient (Wildman–Crippen LogP) is 4.42. The second kappa shape index (κ2) is 9.02. The van der Waals surface area contributed by atoms with Crippen molar-refractivity contribution in [2.45, 2.75) is 12.8 Å². The highest BCUT2D eigenvalue weighted by molar-refractivity contribution is 14.1. The number of carbonyl (C=O) groups is 2. The van der Waals surface area contributed by atoms with E-state index in [1.807, 2.05) is 36.4 Å². The van der Waals surface area contributed by atoms with Gasteiger partial charge in [-0.15, -0.1) is 0 Å². The number of hydrogen-bond donors (Lipinski definition) is 1. The third-order valence-electron chi connectivity index (χ3n) is 2.97. The van der Waals surface area contributed by atoms with Crippen molar-refractivity contribution in [1.82, 2.24) is 0 Å². The first-order valence-corrected chi connectivity index (χ1v) is 8.85. The van der Waals surface area contributed by atoms with E-state index in [1.165, 1.54) is 0 Å². The molecule has 0 saturated carbocycles. The van der Waals surface area contributed by atoms with Crippen LogP contribution in [0.3, 0.4) is 0 Å². The van der Waals surface area contributed by atoms with Crippen LogP contribution in [0.25, 0.3) is 0 Å². The van der Waals surface area contributed by atoms with Crippen molar-refractivity contribution in [2.75, 3.05) is 11.9 Å². The van der Waals surface area contributed by atoms with Crippen molar-refractivity contribution in [2.24, 2.45) is 0 Å². The summed E-state index contributed by atoms with van der Waals surface area (Å²) in [5.41, 5.74) is 0.731. The summed E-state index contributed by atoms with van der Waals surface area (Å²) >= 11 is 5.53. The van der Waals surface area contributed by atoms with Crippen molar-refractivity contribution in [1.29, 1.82) is 0 Å². The number of rotatable bonds is 7. The third-order valence-corrected chi connectivity index (χ3v) is 4.22. The minimum Gasteiger partial charge on any atom is -0.486 e. The van der Waals surface area contributed by atoms with Crippen LogP contribution in [0.2, 0.25) is 0 Å². The minimum absolute atomic E-state index is 0.0293. The van der Waals surface area contributed by atoms with Gasteiger partial charge in [0.1, 0.15) is 12.4 Å². The van der Waals surface area contributed by atoms with Gasteiger partial charge in [0.15, 0.2) is 5.78 Å². The maximum absolute atomic E-state index is 11.8. The van der Waals surface area contributed by atoms with Gasteiger partial charge in [-0.1, -0.05) is 15.9 Å². The number of anilines is 1.